The first-order chi connectivity index (χ1) is 10.9. The second-order valence-electron chi connectivity index (χ2n) is 6.62. The van der Waals surface area contributed by atoms with Gasteiger partial charge in [-0.25, -0.2) is 0 Å². The van der Waals surface area contributed by atoms with Crippen LogP contribution >= 0.6 is 11.6 Å². The van der Waals surface area contributed by atoms with Gasteiger partial charge in [0, 0.05) is 10.6 Å². The summed E-state index contributed by atoms with van der Waals surface area (Å²) in [7, 11) is 0. The molecule has 0 spiro atoms. The fraction of sp³-hybridized carbons (Fsp3) is 0.263. The van der Waals surface area contributed by atoms with Gasteiger partial charge in [0.25, 0.3) is 0 Å². The normalized spacial score (nSPS) is 18.0. The van der Waals surface area contributed by atoms with E-state index in [1.165, 1.54) is 5.56 Å². The van der Waals surface area contributed by atoms with Crippen LogP contribution in [0.2, 0.25) is 5.02 Å². The van der Waals surface area contributed by atoms with E-state index >= 15 is 0 Å². The van der Waals surface area contributed by atoms with Crippen molar-refractivity contribution < 1.29 is 0 Å². The average Bonchev–Trinajstić information content (AvgIpc) is 2.55. The summed E-state index contributed by atoms with van der Waals surface area (Å²) in [4.78, 5) is 0. The molecule has 1 aliphatic heterocycles. The molecule has 0 amide bonds. The minimum Gasteiger partial charge on any atom is -0.262 e. The molecule has 0 aliphatic carbocycles. The monoisotopic (exact) mass is 325 g/mol. The highest BCUT2D eigenvalue weighted by atomic mass is 35.5. The first-order valence-electron chi connectivity index (χ1n) is 7.69. The third-order valence-corrected chi connectivity index (χ3v) is 4.05. The Morgan fingerprint density at radius 1 is 0.957 bits per heavy atom. The van der Waals surface area contributed by atoms with Gasteiger partial charge in [-0.3, -0.25) is 5.01 Å². The van der Waals surface area contributed by atoms with Gasteiger partial charge in [-0.1, -0.05) is 59.3 Å². The zero-order chi connectivity index (χ0) is 16.4. The van der Waals surface area contributed by atoms with Crippen LogP contribution in [-0.4, -0.2) is 10.5 Å². The van der Waals surface area contributed by atoms with E-state index in [1.54, 1.807) is 0 Å². The molecule has 0 N–H and O–H groups in total. The lowest BCUT2D eigenvalue weighted by atomic mass is 9.98. The Bertz CT molecular complexity index is 727. The van der Waals surface area contributed by atoms with Gasteiger partial charge in [-0.15, -0.1) is 5.11 Å². The molecule has 0 saturated carbocycles. The van der Waals surface area contributed by atoms with Gasteiger partial charge in [0.05, 0.1) is 17.3 Å². The van der Waals surface area contributed by atoms with Crippen LogP contribution in [0.4, 0.5) is 0 Å². The molecule has 23 heavy (non-hydrogen) atoms. The highest BCUT2D eigenvalue weighted by Gasteiger charge is 2.31. The number of hydrogen-bond donors (Lipinski definition) is 0. The van der Waals surface area contributed by atoms with Crippen molar-refractivity contribution in [3.8, 4) is 0 Å². The zero-order valence-corrected chi connectivity index (χ0v) is 14.3. The lowest BCUT2D eigenvalue weighted by Crippen LogP contribution is -2.40. The van der Waals surface area contributed by atoms with E-state index in [-0.39, 0.29) is 11.6 Å². The number of halogens is 1. The average molecular weight is 326 g/mol. The molecule has 1 atom stereocenters. The summed E-state index contributed by atoms with van der Waals surface area (Å²) in [6, 6.07) is 18.1. The lowest BCUT2D eigenvalue weighted by Gasteiger charge is -2.39. The maximum Gasteiger partial charge on any atom is 0.0948 e. The Hall–Kier alpha value is -2.13. The molecule has 118 valence electrons. The largest absolute Gasteiger partial charge is 0.262 e. The van der Waals surface area contributed by atoms with Crippen LogP contribution in [0.5, 0.6) is 0 Å². The van der Waals surface area contributed by atoms with Gasteiger partial charge in [0.2, 0.25) is 0 Å². The molecule has 4 heteroatoms. The molecule has 0 radical (unpaired) electrons. The predicted octanol–water partition coefficient (Wildman–Crippen LogP) is 5.90. The molecule has 0 saturated heterocycles. The van der Waals surface area contributed by atoms with Crippen molar-refractivity contribution in [3.05, 3.63) is 76.8 Å². The fourth-order valence-corrected chi connectivity index (χ4v) is 2.75. The minimum absolute atomic E-state index is 0.0550. The van der Waals surface area contributed by atoms with Crippen molar-refractivity contribution in [2.45, 2.75) is 32.4 Å². The van der Waals surface area contributed by atoms with Crippen LogP contribution in [0.3, 0.4) is 0 Å². The van der Waals surface area contributed by atoms with Gasteiger partial charge in [-0.2, -0.15) is 0 Å². The highest BCUT2D eigenvalue weighted by molar-refractivity contribution is 6.30. The van der Waals surface area contributed by atoms with Gasteiger partial charge in [-0.05, 0) is 44.5 Å². The second-order valence-corrected chi connectivity index (χ2v) is 7.06. The minimum atomic E-state index is -0.119. The summed E-state index contributed by atoms with van der Waals surface area (Å²) in [6.45, 7) is 6.43. The molecule has 3 rings (SSSR count). The topological polar surface area (TPSA) is 28.0 Å². The standard InChI is InChI=1S/C19H20ClN3/c1-19(2,3)23-18(15-7-5-4-6-8-15)13-17(21-22-23)14-9-11-16(20)12-10-14/h4-13,18H,1-3H3. The molecule has 1 unspecified atom stereocenters. The lowest BCUT2D eigenvalue weighted by molar-refractivity contribution is 0.0941. The van der Waals surface area contributed by atoms with Crippen LogP contribution < -0.4 is 0 Å². The maximum atomic E-state index is 5.98. The molecule has 2 aromatic rings. The molecular formula is C19H20ClN3. The van der Waals surface area contributed by atoms with E-state index in [0.29, 0.717) is 0 Å². The molecule has 3 nitrogen and oxygen atoms in total. The highest BCUT2D eigenvalue weighted by Crippen LogP contribution is 2.36. The second kappa shape index (κ2) is 6.17. The third kappa shape index (κ3) is 3.45. The number of hydrogen-bond acceptors (Lipinski definition) is 3. The first-order valence-corrected chi connectivity index (χ1v) is 8.07. The summed E-state index contributed by atoms with van der Waals surface area (Å²) in [6.07, 6.45) is 2.16. The Morgan fingerprint density at radius 3 is 2.22 bits per heavy atom. The molecule has 1 heterocycles. The predicted molar refractivity (Wildman–Crippen MR) is 95.1 cm³/mol. The van der Waals surface area contributed by atoms with Crippen molar-refractivity contribution in [1.82, 2.24) is 5.01 Å². The molecule has 0 fully saturated rings. The fourth-order valence-electron chi connectivity index (χ4n) is 2.62. The van der Waals surface area contributed by atoms with Crippen molar-refractivity contribution in [1.29, 1.82) is 0 Å². The molecule has 1 aliphatic rings. The van der Waals surface area contributed by atoms with Crippen LogP contribution in [0.15, 0.2) is 71.0 Å². The zero-order valence-electron chi connectivity index (χ0n) is 13.6. The van der Waals surface area contributed by atoms with Crippen LogP contribution in [0, 0.1) is 0 Å². The summed E-state index contributed by atoms with van der Waals surface area (Å²) >= 11 is 5.98. The molecule has 0 aromatic heterocycles. The Balaban J connectivity index is 2.02. The smallest absolute Gasteiger partial charge is 0.0948 e. The van der Waals surface area contributed by atoms with Gasteiger partial charge < -0.3 is 0 Å². The molecule has 2 aromatic carbocycles. The summed E-state index contributed by atoms with van der Waals surface area (Å²) in [5.74, 6) is 0. The number of benzene rings is 2. The third-order valence-electron chi connectivity index (χ3n) is 3.80. The van der Waals surface area contributed by atoms with Crippen molar-refractivity contribution >= 4 is 17.3 Å². The SMILES string of the molecule is CC(C)(C)N1N=NC(c2ccc(Cl)cc2)=CC1c1ccccc1. The summed E-state index contributed by atoms with van der Waals surface area (Å²) < 4.78 is 0. The van der Waals surface area contributed by atoms with Crippen molar-refractivity contribution in [3.63, 3.8) is 0 Å². The van der Waals surface area contributed by atoms with Gasteiger partial charge in [0.15, 0.2) is 0 Å². The Morgan fingerprint density at radius 2 is 1.61 bits per heavy atom. The Kier molecular flexibility index (Phi) is 4.22. The van der Waals surface area contributed by atoms with E-state index in [1.807, 2.05) is 35.3 Å². The maximum absolute atomic E-state index is 5.98. The van der Waals surface area contributed by atoms with Gasteiger partial charge in [0.1, 0.15) is 0 Å². The van der Waals surface area contributed by atoms with Crippen LogP contribution in [-0.2, 0) is 0 Å². The molecule has 0 bridgehead atoms. The van der Waals surface area contributed by atoms with Crippen molar-refractivity contribution in [2.24, 2.45) is 10.3 Å². The quantitative estimate of drug-likeness (QED) is 0.675. The first kappa shape index (κ1) is 15.8. The Labute approximate surface area is 142 Å². The van der Waals surface area contributed by atoms with Crippen LogP contribution in [0.25, 0.3) is 5.70 Å². The summed E-state index contributed by atoms with van der Waals surface area (Å²) in [5, 5.41) is 11.7. The van der Waals surface area contributed by atoms with E-state index in [0.717, 1.165) is 16.3 Å². The number of nitrogens with zero attached hydrogens (tertiary/aromatic N) is 3. The van der Waals surface area contributed by atoms with Gasteiger partial charge >= 0.3 is 0 Å². The summed E-state index contributed by atoms with van der Waals surface area (Å²) in [5.41, 5.74) is 2.97. The van der Waals surface area contributed by atoms with E-state index in [4.69, 9.17) is 11.6 Å². The van der Waals surface area contributed by atoms with E-state index < -0.39 is 0 Å². The molecular weight excluding hydrogens is 306 g/mol. The van der Waals surface area contributed by atoms with Crippen LogP contribution in [0.1, 0.15) is 37.9 Å². The van der Waals surface area contributed by atoms with E-state index in [2.05, 4.69) is 61.5 Å². The van der Waals surface area contributed by atoms with Crippen molar-refractivity contribution in [2.75, 3.05) is 0 Å². The number of rotatable bonds is 2. The van der Waals surface area contributed by atoms with E-state index in [9.17, 15) is 0 Å².